The molecule has 0 aromatic heterocycles. The molecular weight excluding hydrogens is 284 g/mol. The number of carbonyl (C=O) groups is 3. The molecule has 3 rings (SSSR count). The van der Waals surface area contributed by atoms with Gasteiger partial charge in [-0.1, -0.05) is 24.3 Å². The minimum absolute atomic E-state index is 0.285. The molecule has 1 aromatic carbocycles. The van der Waals surface area contributed by atoms with Crippen molar-refractivity contribution in [2.75, 3.05) is 14.2 Å². The highest BCUT2D eigenvalue weighted by Gasteiger charge is 2.66. The third kappa shape index (κ3) is 1.74. The van der Waals surface area contributed by atoms with Gasteiger partial charge < -0.3 is 9.47 Å². The smallest absolute Gasteiger partial charge is 0.319 e. The SMILES string of the molecule is COC(=O)[C@]12CC[C@](C(=O)OC)(Cc3ccccc3C1)C2=O. The van der Waals surface area contributed by atoms with Crippen LogP contribution in [0.15, 0.2) is 24.3 Å². The van der Waals surface area contributed by atoms with Crippen molar-refractivity contribution < 1.29 is 23.9 Å². The second-order valence-electron chi connectivity index (χ2n) is 6.10. The molecule has 5 heteroatoms. The Morgan fingerprint density at radius 1 is 0.909 bits per heavy atom. The average molecular weight is 302 g/mol. The number of ether oxygens (including phenoxy) is 2. The second kappa shape index (κ2) is 4.93. The van der Waals surface area contributed by atoms with Crippen molar-refractivity contribution in [1.29, 1.82) is 0 Å². The summed E-state index contributed by atoms with van der Waals surface area (Å²) in [6.07, 6.45) is 1.21. The zero-order valence-corrected chi connectivity index (χ0v) is 12.7. The highest BCUT2D eigenvalue weighted by Crippen LogP contribution is 2.53. The molecule has 0 amide bonds. The lowest BCUT2D eigenvalue weighted by molar-refractivity contribution is -0.162. The van der Waals surface area contributed by atoms with Crippen LogP contribution in [0.4, 0.5) is 0 Å². The molecule has 2 bridgehead atoms. The van der Waals surface area contributed by atoms with Crippen molar-refractivity contribution in [2.24, 2.45) is 10.8 Å². The Bertz CT molecular complexity index is 610. The lowest BCUT2D eigenvalue weighted by atomic mass is 9.76. The number of carbonyl (C=O) groups excluding carboxylic acids is 3. The predicted octanol–water partition coefficient (Wildman–Crippen LogP) is 1.47. The molecular formula is C17H18O5. The zero-order chi connectivity index (χ0) is 16.0. The normalized spacial score (nSPS) is 29.5. The van der Waals surface area contributed by atoms with Crippen molar-refractivity contribution >= 4 is 17.7 Å². The number of methoxy groups -OCH3 is 2. The van der Waals surface area contributed by atoms with Crippen LogP contribution in [0.5, 0.6) is 0 Å². The molecule has 0 radical (unpaired) electrons. The molecule has 116 valence electrons. The molecule has 1 aromatic rings. The lowest BCUT2D eigenvalue weighted by Gasteiger charge is -2.26. The summed E-state index contributed by atoms with van der Waals surface area (Å²) in [7, 11) is 2.55. The fourth-order valence-electron chi connectivity index (χ4n) is 3.93. The van der Waals surface area contributed by atoms with Gasteiger partial charge in [-0.2, -0.15) is 0 Å². The third-order valence-electron chi connectivity index (χ3n) is 5.10. The summed E-state index contributed by atoms with van der Waals surface area (Å²) < 4.78 is 9.80. The van der Waals surface area contributed by atoms with Crippen LogP contribution >= 0.6 is 0 Å². The van der Waals surface area contributed by atoms with Crippen molar-refractivity contribution in [3.8, 4) is 0 Å². The standard InChI is InChI=1S/C17H18O5/c1-21-14(19)16-7-8-17(13(16)18,15(20)22-2)10-12-6-4-3-5-11(12)9-16/h3-6H,7-10H2,1-2H3/t16-,17+. The fraction of sp³-hybridized carbons (Fsp3) is 0.471. The van der Waals surface area contributed by atoms with Crippen molar-refractivity contribution in [1.82, 2.24) is 0 Å². The summed E-state index contributed by atoms with van der Waals surface area (Å²) in [5.41, 5.74) is -0.691. The Morgan fingerprint density at radius 2 is 1.32 bits per heavy atom. The van der Waals surface area contributed by atoms with Crippen LogP contribution < -0.4 is 0 Å². The maximum absolute atomic E-state index is 13.1. The number of rotatable bonds is 2. The number of hydrogen-bond donors (Lipinski definition) is 0. The predicted molar refractivity (Wildman–Crippen MR) is 77.0 cm³/mol. The number of fused-ring (bicyclic) bond motifs is 3. The van der Waals surface area contributed by atoms with E-state index in [1.54, 1.807) is 0 Å². The van der Waals surface area contributed by atoms with E-state index in [2.05, 4.69) is 0 Å². The Kier molecular flexibility index (Phi) is 3.31. The van der Waals surface area contributed by atoms with E-state index in [1.165, 1.54) is 14.2 Å². The van der Waals surface area contributed by atoms with Gasteiger partial charge in [0.2, 0.25) is 0 Å². The Balaban J connectivity index is 2.21. The number of hydrogen-bond acceptors (Lipinski definition) is 5. The average Bonchev–Trinajstić information content (AvgIpc) is 2.75. The van der Waals surface area contributed by atoms with Crippen LogP contribution in [0.25, 0.3) is 0 Å². The summed E-state index contributed by atoms with van der Waals surface area (Å²) in [5, 5.41) is 0. The first-order valence-electron chi connectivity index (χ1n) is 7.29. The summed E-state index contributed by atoms with van der Waals surface area (Å²) >= 11 is 0. The van der Waals surface area contributed by atoms with Gasteiger partial charge in [0.05, 0.1) is 14.2 Å². The molecule has 5 nitrogen and oxygen atoms in total. The number of ketones is 1. The Labute approximate surface area is 128 Å². The molecule has 0 heterocycles. The summed E-state index contributed by atoms with van der Waals surface area (Å²) in [4.78, 5) is 37.9. The van der Waals surface area contributed by atoms with Gasteiger partial charge >= 0.3 is 11.9 Å². The molecule has 2 aliphatic carbocycles. The highest BCUT2D eigenvalue weighted by atomic mass is 16.5. The van der Waals surface area contributed by atoms with Gasteiger partial charge in [0.25, 0.3) is 0 Å². The lowest BCUT2D eigenvalue weighted by Crippen LogP contribution is -2.46. The fourth-order valence-corrected chi connectivity index (χ4v) is 3.93. The molecule has 0 saturated heterocycles. The minimum atomic E-state index is -1.27. The van der Waals surface area contributed by atoms with Crippen molar-refractivity contribution in [2.45, 2.75) is 25.7 Å². The summed E-state index contributed by atoms with van der Waals surface area (Å²) in [5.74, 6) is -1.46. The molecule has 1 saturated carbocycles. The van der Waals surface area contributed by atoms with Crippen LogP contribution in [0.3, 0.4) is 0 Å². The van der Waals surface area contributed by atoms with E-state index in [1.807, 2.05) is 24.3 Å². The minimum Gasteiger partial charge on any atom is -0.468 e. The molecule has 0 unspecified atom stereocenters. The molecule has 2 atom stereocenters. The Hall–Kier alpha value is -2.17. The molecule has 0 aliphatic heterocycles. The van der Waals surface area contributed by atoms with Crippen molar-refractivity contribution in [3.05, 3.63) is 35.4 Å². The van der Waals surface area contributed by atoms with Crippen LogP contribution in [-0.4, -0.2) is 31.9 Å². The molecule has 0 spiro atoms. The molecule has 22 heavy (non-hydrogen) atoms. The van der Waals surface area contributed by atoms with Crippen LogP contribution in [0, 0.1) is 10.8 Å². The highest BCUT2D eigenvalue weighted by molar-refractivity contribution is 6.17. The van der Waals surface area contributed by atoms with Gasteiger partial charge in [0.1, 0.15) is 10.8 Å². The van der Waals surface area contributed by atoms with Gasteiger partial charge in [-0.05, 0) is 36.8 Å². The topological polar surface area (TPSA) is 69.7 Å². The summed E-state index contributed by atoms with van der Waals surface area (Å²) in [6.45, 7) is 0. The van der Waals surface area contributed by atoms with E-state index >= 15 is 0 Å². The molecule has 1 fully saturated rings. The second-order valence-corrected chi connectivity index (χ2v) is 6.10. The monoisotopic (exact) mass is 302 g/mol. The largest absolute Gasteiger partial charge is 0.468 e. The quantitative estimate of drug-likeness (QED) is 0.611. The van der Waals surface area contributed by atoms with Crippen molar-refractivity contribution in [3.63, 3.8) is 0 Å². The van der Waals surface area contributed by atoms with E-state index in [0.29, 0.717) is 12.8 Å². The first-order chi connectivity index (χ1) is 10.5. The first kappa shape index (κ1) is 14.8. The van der Waals surface area contributed by atoms with Gasteiger partial charge in [-0.3, -0.25) is 14.4 Å². The number of esters is 2. The van der Waals surface area contributed by atoms with E-state index < -0.39 is 22.8 Å². The first-order valence-corrected chi connectivity index (χ1v) is 7.29. The number of benzene rings is 1. The third-order valence-corrected chi connectivity index (χ3v) is 5.10. The van der Waals surface area contributed by atoms with E-state index in [-0.39, 0.29) is 18.6 Å². The van der Waals surface area contributed by atoms with Gasteiger partial charge in [-0.15, -0.1) is 0 Å². The van der Waals surface area contributed by atoms with Crippen LogP contribution in [0.1, 0.15) is 24.0 Å². The van der Waals surface area contributed by atoms with Gasteiger partial charge in [0.15, 0.2) is 5.78 Å². The van der Waals surface area contributed by atoms with E-state index in [0.717, 1.165) is 11.1 Å². The maximum Gasteiger partial charge on any atom is 0.319 e. The molecule has 0 N–H and O–H groups in total. The Morgan fingerprint density at radius 3 is 1.68 bits per heavy atom. The summed E-state index contributed by atoms with van der Waals surface area (Å²) in [6, 6.07) is 7.55. The van der Waals surface area contributed by atoms with E-state index in [4.69, 9.17) is 9.47 Å². The maximum atomic E-state index is 13.1. The van der Waals surface area contributed by atoms with Gasteiger partial charge in [-0.25, -0.2) is 0 Å². The zero-order valence-electron chi connectivity index (χ0n) is 12.7. The molecule has 2 aliphatic rings. The number of Topliss-reactive ketones (excluding diaryl/α,β-unsaturated/α-hetero) is 1. The van der Waals surface area contributed by atoms with Gasteiger partial charge in [0, 0.05) is 0 Å². The van der Waals surface area contributed by atoms with Crippen LogP contribution in [-0.2, 0) is 36.7 Å². The van der Waals surface area contributed by atoms with Crippen LogP contribution in [0.2, 0.25) is 0 Å². The van der Waals surface area contributed by atoms with E-state index in [9.17, 15) is 14.4 Å².